The average Bonchev–Trinajstić information content (AvgIpc) is 2.93. The molecule has 0 saturated carbocycles. The lowest BCUT2D eigenvalue weighted by molar-refractivity contribution is -0.155. The zero-order valence-electron chi connectivity index (χ0n) is 22.4. The lowest BCUT2D eigenvalue weighted by Crippen LogP contribution is -2.58. The summed E-state index contributed by atoms with van der Waals surface area (Å²) in [6, 6.07) is 21.1. The van der Waals surface area contributed by atoms with Gasteiger partial charge in [-0.1, -0.05) is 54.6 Å². The van der Waals surface area contributed by atoms with Crippen LogP contribution < -0.4 is 14.9 Å². The van der Waals surface area contributed by atoms with Crippen LogP contribution >= 0.6 is 0 Å². The number of fused-ring (bicyclic) bond motifs is 6. The Hall–Kier alpha value is -4.21. The first-order valence-corrected chi connectivity index (χ1v) is 13.1. The topological polar surface area (TPSA) is 97.4 Å². The SMILES string of the molecule is CC(=O)OC[C@]12Cc3c(c(OC(C)=O)c4cc5ccccc5cc4c3OC(C)=O)[C@H](C1)OB(c1ccccc1)O2. The molecule has 0 unspecified atom stereocenters. The number of carbonyl (C=O) groups excluding carboxylic acids is 3. The molecule has 0 radical (unpaired) electrons. The molecule has 1 heterocycles. The quantitative estimate of drug-likeness (QED) is 0.158. The minimum Gasteiger partial charge on any atom is -0.463 e. The van der Waals surface area contributed by atoms with Crippen molar-refractivity contribution in [1.29, 1.82) is 0 Å². The van der Waals surface area contributed by atoms with E-state index in [1.807, 2.05) is 66.7 Å². The molecule has 0 amide bonds. The van der Waals surface area contributed by atoms with Crippen LogP contribution in [-0.2, 0) is 34.9 Å². The largest absolute Gasteiger partial charge is 0.494 e. The fraction of sp³-hybridized carbons (Fsp3) is 0.258. The highest BCUT2D eigenvalue weighted by Crippen LogP contribution is 2.54. The van der Waals surface area contributed by atoms with E-state index in [2.05, 4.69) is 0 Å². The van der Waals surface area contributed by atoms with Crippen LogP contribution in [0.5, 0.6) is 11.5 Å². The molecule has 40 heavy (non-hydrogen) atoms. The molecule has 0 spiro atoms. The first kappa shape index (κ1) is 26.0. The van der Waals surface area contributed by atoms with Crippen LogP contribution in [0.25, 0.3) is 21.5 Å². The van der Waals surface area contributed by atoms with E-state index in [1.54, 1.807) is 0 Å². The number of hydrogen-bond acceptors (Lipinski definition) is 8. The van der Waals surface area contributed by atoms with Gasteiger partial charge in [0, 0.05) is 55.5 Å². The van der Waals surface area contributed by atoms with E-state index in [9.17, 15) is 14.4 Å². The Morgan fingerprint density at radius 1 is 0.850 bits per heavy atom. The van der Waals surface area contributed by atoms with Crippen LogP contribution in [0.4, 0.5) is 0 Å². The third kappa shape index (κ3) is 4.72. The fourth-order valence-corrected chi connectivity index (χ4v) is 5.79. The standard InChI is InChI=1S/C31H27BO8/c1-18(33)36-17-31-15-26-28(27(16-31)39-32(40-31)23-11-5-4-6-12-23)30(38-20(3)35)25-14-22-10-8-7-9-21(22)13-24(25)29(26)37-19(2)34/h4-14,27H,15-17H2,1-3H3/t27-,31-/m0/s1. The number of esters is 3. The summed E-state index contributed by atoms with van der Waals surface area (Å²) in [4.78, 5) is 36.7. The van der Waals surface area contributed by atoms with Gasteiger partial charge in [-0.05, 0) is 28.4 Å². The Morgan fingerprint density at radius 2 is 1.45 bits per heavy atom. The number of carbonyl (C=O) groups is 3. The lowest BCUT2D eigenvalue weighted by Gasteiger charge is -2.48. The van der Waals surface area contributed by atoms with Crippen LogP contribution in [0.15, 0.2) is 66.7 Å². The van der Waals surface area contributed by atoms with Crippen LogP contribution in [-0.4, -0.2) is 37.2 Å². The minimum atomic E-state index is -0.977. The molecule has 1 aliphatic carbocycles. The lowest BCUT2D eigenvalue weighted by atomic mass is 9.68. The molecular formula is C31H27BO8. The molecule has 0 aromatic heterocycles. The molecule has 2 bridgehead atoms. The van der Waals surface area contributed by atoms with Crippen molar-refractivity contribution in [3.63, 3.8) is 0 Å². The van der Waals surface area contributed by atoms with Crippen molar-refractivity contribution in [2.75, 3.05) is 6.61 Å². The van der Waals surface area contributed by atoms with E-state index in [4.69, 9.17) is 23.5 Å². The molecule has 8 nitrogen and oxygen atoms in total. The van der Waals surface area contributed by atoms with E-state index in [0.717, 1.165) is 16.2 Å². The van der Waals surface area contributed by atoms with Crippen LogP contribution in [0.1, 0.15) is 44.4 Å². The Labute approximate surface area is 231 Å². The maximum atomic E-state index is 12.4. The minimum absolute atomic E-state index is 0.0247. The van der Waals surface area contributed by atoms with Crippen molar-refractivity contribution in [3.8, 4) is 11.5 Å². The molecule has 1 saturated heterocycles. The molecule has 4 aromatic rings. The van der Waals surface area contributed by atoms with Crippen molar-refractivity contribution < 1.29 is 37.9 Å². The maximum Gasteiger partial charge on any atom is 0.494 e. The van der Waals surface area contributed by atoms with E-state index < -0.39 is 36.7 Å². The third-order valence-corrected chi connectivity index (χ3v) is 7.34. The summed E-state index contributed by atoms with van der Waals surface area (Å²) in [6.07, 6.45) is -0.0418. The van der Waals surface area contributed by atoms with Crippen LogP contribution in [0.2, 0.25) is 0 Å². The summed E-state index contributed by atoms with van der Waals surface area (Å²) in [7, 11) is -0.765. The zero-order chi connectivity index (χ0) is 28.0. The Bertz CT molecular complexity index is 1670. The third-order valence-electron chi connectivity index (χ3n) is 7.34. The number of ether oxygens (including phenoxy) is 3. The predicted molar refractivity (Wildman–Crippen MR) is 148 cm³/mol. The normalized spacial score (nSPS) is 19.7. The molecule has 1 aliphatic heterocycles. The van der Waals surface area contributed by atoms with Gasteiger partial charge >= 0.3 is 25.0 Å². The monoisotopic (exact) mass is 538 g/mol. The van der Waals surface area contributed by atoms with Gasteiger partial charge in [0.2, 0.25) is 0 Å². The van der Waals surface area contributed by atoms with Gasteiger partial charge in [0.1, 0.15) is 18.1 Å². The Kier molecular flexibility index (Phi) is 6.56. The van der Waals surface area contributed by atoms with Gasteiger partial charge in [-0.3, -0.25) is 14.4 Å². The van der Waals surface area contributed by atoms with Crippen LogP contribution in [0.3, 0.4) is 0 Å². The van der Waals surface area contributed by atoms with Crippen molar-refractivity contribution in [3.05, 3.63) is 77.9 Å². The van der Waals surface area contributed by atoms with Gasteiger partial charge in [-0.2, -0.15) is 0 Å². The second-order valence-electron chi connectivity index (χ2n) is 10.3. The van der Waals surface area contributed by atoms with Crippen molar-refractivity contribution in [2.45, 2.75) is 45.3 Å². The van der Waals surface area contributed by atoms with E-state index in [-0.39, 0.29) is 13.0 Å². The summed E-state index contributed by atoms with van der Waals surface area (Å²) in [6.45, 7) is 4.02. The van der Waals surface area contributed by atoms with Gasteiger partial charge in [0.15, 0.2) is 0 Å². The van der Waals surface area contributed by atoms with Gasteiger partial charge in [-0.25, -0.2) is 0 Å². The summed E-state index contributed by atoms with van der Waals surface area (Å²) >= 11 is 0. The van der Waals surface area contributed by atoms with Gasteiger partial charge < -0.3 is 23.5 Å². The highest BCUT2D eigenvalue weighted by Gasteiger charge is 2.52. The van der Waals surface area contributed by atoms with Gasteiger partial charge in [0.05, 0.1) is 11.7 Å². The molecule has 6 rings (SSSR count). The Balaban J connectivity index is 1.64. The smallest absolute Gasteiger partial charge is 0.463 e. The first-order valence-electron chi connectivity index (χ1n) is 13.1. The van der Waals surface area contributed by atoms with Gasteiger partial charge in [0.25, 0.3) is 0 Å². The van der Waals surface area contributed by atoms with E-state index in [1.165, 1.54) is 20.8 Å². The molecular weight excluding hydrogens is 511 g/mol. The molecule has 202 valence electrons. The number of benzene rings is 4. The second-order valence-corrected chi connectivity index (χ2v) is 10.3. The predicted octanol–water partition coefficient (Wildman–Crippen LogP) is 4.58. The first-order chi connectivity index (χ1) is 19.2. The summed E-state index contributed by atoms with van der Waals surface area (Å²) in [5, 5.41) is 3.11. The van der Waals surface area contributed by atoms with Crippen molar-refractivity contribution in [2.24, 2.45) is 0 Å². The highest BCUT2D eigenvalue weighted by atomic mass is 16.6. The van der Waals surface area contributed by atoms with E-state index >= 15 is 0 Å². The Morgan fingerprint density at radius 3 is 2.08 bits per heavy atom. The second kappa shape index (κ2) is 10.1. The van der Waals surface area contributed by atoms with Crippen LogP contribution in [0, 0.1) is 0 Å². The van der Waals surface area contributed by atoms with E-state index in [0.29, 0.717) is 39.8 Å². The van der Waals surface area contributed by atoms with Crippen molar-refractivity contribution >= 4 is 52.0 Å². The fourth-order valence-electron chi connectivity index (χ4n) is 5.79. The maximum absolute atomic E-state index is 12.4. The molecule has 2 atom stereocenters. The zero-order valence-corrected chi connectivity index (χ0v) is 22.4. The summed E-state index contributed by atoms with van der Waals surface area (Å²) in [5.74, 6) is -0.708. The number of hydrogen-bond donors (Lipinski definition) is 0. The summed E-state index contributed by atoms with van der Waals surface area (Å²) < 4.78 is 30.4. The molecule has 1 fully saturated rings. The average molecular weight is 538 g/mol. The molecule has 2 aliphatic rings. The molecule has 9 heteroatoms. The molecule has 4 aromatic carbocycles. The highest BCUT2D eigenvalue weighted by molar-refractivity contribution is 6.61. The number of rotatable bonds is 5. The molecule has 0 N–H and O–H groups in total. The van der Waals surface area contributed by atoms with Gasteiger partial charge in [-0.15, -0.1) is 0 Å². The summed E-state index contributed by atoms with van der Waals surface area (Å²) in [5.41, 5.74) is 1.06. The van der Waals surface area contributed by atoms with Crippen molar-refractivity contribution in [1.82, 2.24) is 0 Å².